The van der Waals surface area contributed by atoms with Crippen molar-refractivity contribution in [2.45, 2.75) is 104 Å². The Balaban J connectivity index is 1.36. The molecule has 0 atom stereocenters. The third kappa shape index (κ3) is 8.38. The van der Waals surface area contributed by atoms with Gasteiger partial charge in [-0.15, -0.1) is 11.3 Å². The number of carbonyl (C=O) groups is 1. The second-order valence-corrected chi connectivity index (χ2v) is 13.9. The molecule has 3 aromatic rings. The largest absolute Gasteiger partial charge is 0.460 e. The molecule has 4 rings (SSSR count). The maximum absolute atomic E-state index is 11.8. The van der Waals surface area contributed by atoms with E-state index in [1.807, 2.05) is 32.1 Å². The van der Waals surface area contributed by atoms with Crippen molar-refractivity contribution in [3.8, 4) is 0 Å². The number of hydrogen-bond acceptors (Lipinski definition) is 8. The number of piperidine rings is 1. The fourth-order valence-corrected chi connectivity index (χ4v) is 6.25. The Kier molecular flexibility index (Phi) is 9.55. The number of aromatic nitrogens is 3. The van der Waals surface area contributed by atoms with Crippen molar-refractivity contribution in [2.75, 3.05) is 38.2 Å². The number of carbonyl (C=O) groups excluding carboxylic acids is 1. The van der Waals surface area contributed by atoms with Gasteiger partial charge in [-0.2, -0.15) is 0 Å². The highest BCUT2D eigenvalue weighted by atomic mass is 32.1. The lowest BCUT2D eigenvalue weighted by Crippen LogP contribution is -2.35. The summed E-state index contributed by atoms with van der Waals surface area (Å²) in [4.78, 5) is 29.4. The van der Waals surface area contributed by atoms with E-state index < -0.39 is 5.60 Å². The second kappa shape index (κ2) is 12.5. The Morgan fingerprint density at radius 2 is 1.90 bits per heavy atom. The highest BCUT2D eigenvalue weighted by Crippen LogP contribution is 2.40. The lowest BCUT2D eigenvalue weighted by molar-refractivity contribution is -0.156. The number of unbranched alkanes of at least 4 members (excludes halogenated alkanes) is 1. The maximum Gasteiger partial charge on any atom is 0.308 e. The van der Waals surface area contributed by atoms with E-state index in [9.17, 15) is 4.79 Å². The summed E-state index contributed by atoms with van der Waals surface area (Å²) in [5.74, 6) is 2.27. The number of pyridine rings is 1. The summed E-state index contributed by atoms with van der Waals surface area (Å²) in [5.41, 5.74) is 2.59. The van der Waals surface area contributed by atoms with Crippen molar-refractivity contribution in [3.05, 3.63) is 16.8 Å². The Hall–Kier alpha value is -2.23. The lowest BCUT2D eigenvalue weighted by Gasteiger charge is -2.31. The Morgan fingerprint density at radius 3 is 2.56 bits per heavy atom. The van der Waals surface area contributed by atoms with Crippen LogP contribution in [0.3, 0.4) is 0 Å². The summed E-state index contributed by atoms with van der Waals surface area (Å²) in [7, 11) is 0. The minimum Gasteiger partial charge on any atom is -0.460 e. The monoisotopic (exact) mass is 557 g/mol. The van der Waals surface area contributed by atoms with E-state index in [0.717, 1.165) is 79.9 Å². The van der Waals surface area contributed by atoms with E-state index in [1.165, 1.54) is 9.58 Å². The van der Waals surface area contributed by atoms with Gasteiger partial charge in [0.15, 0.2) is 5.82 Å². The van der Waals surface area contributed by atoms with Gasteiger partial charge in [0.1, 0.15) is 16.9 Å². The number of rotatable bonds is 11. The van der Waals surface area contributed by atoms with Gasteiger partial charge in [-0.25, -0.2) is 9.97 Å². The molecule has 9 heteroatoms. The van der Waals surface area contributed by atoms with E-state index in [-0.39, 0.29) is 11.5 Å². The van der Waals surface area contributed by atoms with Gasteiger partial charge >= 0.3 is 5.97 Å². The number of anilines is 1. The number of esters is 1. The molecule has 0 saturated carbocycles. The van der Waals surface area contributed by atoms with Crippen LogP contribution in [0.25, 0.3) is 21.3 Å². The highest BCUT2D eigenvalue weighted by molar-refractivity contribution is 7.20. The molecule has 0 aromatic carbocycles. The standard InChI is InChI=1S/C30H47N5O3S/c1-8-9-10-23-32-25-26(33-23)28(34-29(2,3)4)31-21-19-22(39-27(21)25)20-11-14-35(15-12-20)16-18-37-17-13-24(36)38-30(5,6)7/h19-20H,8-18H2,1-7H3,(H,31,34)(H,32,33). The summed E-state index contributed by atoms with van der Waals surface area (Å²) < 4.78 is 12.3. The van der Waals surface area contributed by atoms with E-state index >= 15 is 0 Å². The molecule has 0 unspecified atom stereocenters. The predicted octanol–water partition coefficient (Wildman–Crippen LogP) is 6.65. The minimum absolute atomic E-state index is 0.0960. The van der Waals surface area contributed by atoms with E-state index in [0.29, 0.717) is 25.6 Å². The summed E-state index contributed by atoms with van der Waals surface area (Å²) in [6, 6.07) is 2.31. The quantitative estimate of drug-likeness (QED) is 0.201. The van der Waals surface area contributed by atoms with Gasteiger partial charge < -0.3 is 24.7 Å². The molecule has 0 aliphatic carbocycles. The van der Waals surface area contributed by atoms with Crippen LogP contribution in [0.15, 0.2) is 6.07 Å². The number of ether oxygens (including phenoxy) is 2. The van der Waals surface area contributed by atoms with Gasteiger partial charge in [-0.05, 0) is 85.9 Å². The van der Waals surface area contributed by atoms with Crippen LogP contribution < -0.4 is 5.32 Å². The number of H-pyrrole nitrogens is 1. The molecule has 216 valence electrons. The molecule has 39 heavy (non-hydrogen) atoms. The maximum atomic E-state index is 11.8. The van der Waals surface area contributed by atoms with Crippen molar-refractivity contribution >= 4 is 44.4 Å². The Labute approximate surface area is 237 Å². The van der Waals surface area contributed by atoms with Crippen molar-refractivity contribution in [1.82, 2.24) is 19.9 Å². The van der Waals surface area contributed by atoms with Gasteiger partial charge in [0.2, 0.25) is 0 Å². The normalized spacial score (nSPS) is 15.9. The molecule has 1 saturated heterocycles. The van der Waals surface area contributed by atoms with Gasteiger partial charge in [-0.3, -0.25) is 4.79 Å². The average molecular weight is 558 g/mol. The van der Waals surface area contributed by atoms with Gasteiger partial charge in [-0.1, -0.05) is 13.3 Å². The molecule has 0 radical (unpaired) electrons. The first kappa shape index (κ1) is 29.7. The Bertz CT molecular complexity index is 1250. The fraction of sp³-hybridized carbons (Fsp3) is 0.700. The summed E-state index contributed by atoms with van der Waals surface area (Å²) >= 11 is 1.88. The van der Waals surface area contributed by atoms with Crippen LogP contribution in [-0.2, 0) is 20.7 Å². The highest BCUT2D eigenvalue weighted by Gasteiger charge is 2.25. The van der Waals surface area contributed by atoms with Crippen LogP contribution in [0.2, 0.25) is 0 Å². The number of likely N-dealkylation sites (tertiary alicyclic amines) is 1. The summed E-state index contributed by atoms with van der Waals surface area (Å²) in [6.07, 6.45) is 5.80. The molecule has 8 nitrogen and oxygen atoms in total. The van der Waals surface area contributed by atoms with Crippen molar-refractivity contribution in [2.24, 2.45) is 0 Å². The zero-order chi connectivity index (χ0) is 28.2. The first-order chi connectivity index (χ1) is 18.4. The van der Waals surface area contributed by atoms with E-state index in [1.54, 1.807) is 0 Å². The zero-order valence-corrected chi connectivity index (χ0v) is 25.7. The molecular weight excluding hydrogens is 510 g/mol. The number of fused-ring (bicyclic) bond motifs is 3. The van der Waals surface area contributed by atoms with Crippen molar-refractivity contribution in [3.63, 3.8) is 0 Å². The molecule has 4 heterocycles. The van der Waals surface area contributed by atoms with Gasteiger partial charge in [0.05, 0.1) is 35.4 Å². The number of imidazole rings is 1. The predicted molar refractivity (Wildman–Crippen MR) is 161 cm³/mol. The first-order valence-corrected chi connectivity index (χ1v) is 15.4. The number of nitrogens with one attached hydrogen (secondary N) is 2. The van der Waals surface area contributed by atoms with Crippen molar-refractivity contribution in [1.29, 1.82) is 0 Å². The topological polar surface area (TPSA) is 92.4 Å². The van der Waals surface area contributed by atoms with Crippen LogP contribution >= 0.6 is 11.3 Å². The number of aryl methyl sites for hydroxylation is 1. The average Bonchev–Trinajstić information content (AvgIpc) is 3.45. The fourth-order valence-electron chi connectivity index (χ4n) is 4.98. The van der Waals surface area contributed by atoms with Gasteiger partial charge in [0.25, 0.3) is 0 Å². The molecular formula is C30H47N5O3S. The van der Waals surface area contributed by atoms with Crippen LogP contribution in [0, 0.1) is 0 Å². The second-order valence-electron chi connectivity index (χ2n) is 12.8. The van der Waals surface area contributed by atoms with Crippen LogP contribution in [0.5, 0.6) is 0 Å². The summed E-state index contributed by atoms with van der Waals surface area (Å²) in [5, 5.41) is 3.59. The third-order valence-electron chi connectivity index (χ3n) is 6.84. The smallest absolute Gasteiger partial charge is 0.308 e. The molecule has 2 N–H and O–H groups in total. The van der Waals surface area contributed by atoms with E-state index in [2.05, 4.69) is 49.0 Å². The number of aromatic amines is 1. The molecule has 1 aliphatic heterocycles. The van der Waals surface area contributed by atoms with Crippen LogP contribution in [-0.4, -0.2) is 69.8 Å². The van der Waals surface area contributed by atoms with Crippen molar-refractivity contribution < 1.29 is 14.3 Å². The molecule has 1 fully saturated rings. The number of thiophene rings is 1. The molecule has 0 spiro atoms. The molecule has 0 bridgehead atoms. The molecule has 0 amide bonds. The minimum atomic E-state index is -0.445. The van der Waals surface area contributed by atoms with Crippen LogP contribution in [0.1, 0.15) is 97.2 Å². The van der Waals surface area contributed by atoms with E-state index in [4.69, 9.17) is 19.4 Å². The number of nitrogens with zero attached hydrogens (tertiary/aromatic N) is 3. The Morgan fingerprint density at radius 1 is 1.15 bits per heavy atom. The summed E-state index contributed by atoms with van der Waals surface area (Å²) in [6.45, 7) is 18.4. The van der Waals surface area contributed by atoms with Crippen LogP contribution in [0.4, 0.5) is 5.82 Å². The zero-order valence-electron chi connectivity index (χ0n) is 24.9. The third-order valence-corrected chi connectivity index (χ3v) is 8.15. The lowest BCUT2D eigenvalue weighted by atomic mass is 9.95. The molecule has 1 aliphatic rings. The molecule has 3 aromatic heterocycles. The SMILES string of the molecule is CCCCc1nc2c(NC(C)(C)C)nc3cc(C4CCN(CCOCCC(=O)OC(C)(C)C)CC4)sc3c2[nH]1. The van der Waals surface area contributed by atoms with Gasteiger partial charge in [0, 0.05) is 23.4 Å². The first-order valence-electron chi connectivity index (χ1n) is 14.5. The number of hydrogen-bond donors (Lipinski definition) is 2.